The van der Waals surface area contributed by atoms with Crippen LogP contribution in [-0.2, 0) is 0 Å². The Kier molecular flexibility index (Phi) is 7.70. The molecule has 138 valence electrons. The van der Waals surface area contributed by atoms with Gasteiger partial charge in [0.1, 0.15) is 5.75 Å². The van der Waals surface area contributed by atoms with Crippen LogP contribution < -0.4 is 25.0 Å². The van der Waals surface area contributed by atoms with Crippen LogP contribution in [0.4, 0.5) is 5.69 Å². The van der Waals surface area contributed by atoms with E-state index < -0.39 is 0 Å². The first-order valence-corrected chi connectivity index (χ1v) is 8.62. The van der Waals surface area contributed by atoms with Crippen LogP contribution in [0.2, 0.25) is 0 Å². The van der Waals surface area contributed by atoms with Crippen molar-refractivity contribution in [2.45, 2.75) is 13.3 Å². The summed E-state index contributed by atoms with van der Waals surface area (Å²) in [6.07, 6.45) is 2.59. The third-order valence-corrected chi connectivity index (χ3v) is 3.57. The van der Waals surface area contributed by atoms with E-state index in [9.17, 15) is 0 Å². The number of nitrogens with zero attached hydrogens (tertiary/aromatic N) is 1. The number of hydrogen-bond donors (Lipinski definition) is 2. The number of hydrogen-bond acceptors (Lipinski definition) is 5. The van der Waals surface area contributed by atoms with Crippen molar-refractivity contribution in [2.24, 2.45) is 5.10 Å². The number of thiocarbonyl (C=S) groups is 1. The highest BCUT2D eigenvalue weighted by molar-refractivity contribution is 7.80. The van der Waals surface area contributed by atoms with Crippen molar-refractivity contribution in [3.63, 3.8) is 0 Å². The minimum absolute atomic E-state index is 0.391. The summed E-state index contributed by atoms with van der Waals surface area (Å²) < 4.78 is 16.1. The van der Waals surface area contributed by atoms with Gasteiger partial charge in [-0.1, -0.05) is 6.92 Å². The topological polar surface area (TPSA) is 64.1 Å². The lowest BCUT2D eigenvalue weighted by molar-refractivity contribution is 0.294. The van der Waals surface area contributed by atoms with Crippen molar-refractivity contribution in [2.75, 3.05) is 26.1 Å². The van der Waals surface area contributed by atoms with E-state index in [0.717, 1.165) is 23.4 Å². The van der Waals surface area contributed by atoms with Crippen molar-refractivity contribution >= 4 is 29.2 Å². The van der Waals surface area contributed by atoms with Crippen molar-refractivity contribution in [3.8, 4) is 17.2 Å². The maximum Gasteiger partial charge on any atom is 0.191 e. The van der Waals surface area contributed by atoms with E-state index in [4.69, 9.17) is 26.4 Å². The summed E-state index contributed by atoms with van der Waals surface area (Å²) in [5, 5.41) is 7.58. The fourth-order valence-corrected chi connectivity index (χ4v) is 2.27. The van der Waals surface area contributed by atoms with Gasteiger partial charge in [-0.3, -0.25) is 5.43 Å². The van der Waals surface area contributed by atoms with Gasteiger partial charge in [-0.2, -0.15) is 5.10 Å². The molecule has 0 heterocycles. The predicted molar refractivity (Wildman–Crippen MR) is 109 cm³/mol. The van der Waals surface area contributed by atoms with Gasteiger partial charge >= 0.3 is 0 Å². The summed E-state index contributed by atoms with van der Waals surface area (Å²) in [7, 11) is 3.24. The predicted octanol–water partition coefficient (Wildman–Crippen LogP) is 3.81. The molecule has 0 aromatic heterocycles. The first kappa shape index (κ1) is 19.5. The monoisotopic (exact) mass is 373 g/mol. The van der Waals surface area contributed by atoms with Crippen LogP contribution in [-0.4, -0.2) is 32.2 Å². The minimum Gasteiger partial charge on any atom is -0.497 e. The molecule has 0 amide bonds. The molecule has 0 radical (unpaired) electrons. The molecule has 0 fully saturated rings. The maximum atomic E-state index is 5.69. The standard InChI is InChI=1S/C19H23N3O3S/c1-4-11-25-18-12-14(5-10-17(18)24-3)13-20-22-19(26)21-15-6-8-16(23-2)9-7-15/h5-10,12-13H,4,11H2,1-3H3,(H2,21,22,26)/b20-13-. The Labute approximate surface area is 159 Å². The Hall–Kier alpha value is -2.80. The van der Waals surface area contributed by atoms with Crippen LogP contribution in [0.1, 0.15) is 18.9 Å². The Morgan fingerprint density at radius 2 is 1.85 bits per heavy atom. The van der Waals surface area contributed by atoms with Crippen LogP contribution in [0, 0.1) is 0 Å². The fraction of sp³-hybridized carbons (Fsp3) is 0.263. The second kappa shape index (κ2) is 10.2. The van der Waals surface area contributed by atoms with Crippen molar-refractivity contribution in [1.29, 1.82) is 0 Å². The van der Waals surface area contributed by atoms with Gasteiger partial charge in [0.25, 0.3) is 0 Å². The van der Waals surface area contributed by atoms with Crippen LogP contribution >= 0.6 is 12.2 Å². The number of anilines is 1. The number of rotatable bonds is 8. The minimum atomic E-state index is 0.391. The van der Waals surface area contributed by atoms with Crippen LogP contribution in [0.3, 0.4) is 0 Å². The highest BCUT2D eigenvalue weighted by atomic mass is 32.1. The lowest BCUT2D eigenvalue weighted by atomic mass is 10.2. The third kappa shape index (κ3) is 5.93. The van der Waals surface area contributed by atoms with Gasteiger partial charge in [-0.05, 0) is 66.7 Å². The molecule has 0 unspecified atom stereocenters. The van der Waals surface area contributed by atoms with E-state index in [-0.39, 0.29) is 0 Å². The fourth-order valence-electron chi connectivity index (χ4n) is 2.10. The van der Waals surface area contributed by atoms with Gasteiger partial charge in [0.15, 0.2) is 16.6 Å². The van der Waals surface area contributed by atoms with Crippen LogP contribution in [0.5, 0.6) is 17.2 Å². The number of ether oxygens (including phenoxy) is 3. The molecule has 2 aromatic rings. The van der Waals surface area contributed by atoms with Gasteiger partial charge in [-0.15, -0.1) is 0 Å². The van der Waals surface area contributed by atoms with E-state index in [0.29, 0.717) is 23.2 Å². The molecule has 0 bridgehead atoms. The number of methoxy groups -OCH3 is 2. The van der Waals surface area contributed by atoms with E-state index in [1.807, 2.05) is 42.5 Å². The van der Waals surface area contributed by atoms with Gasteiger partial charge in [0.05, 0.1) is 27.0 Å². The Morgan fingerprint density at radius 3 is 2.50 bits per heavy atom. The van der Waals surface area contributed by atoms with Gasteiger partial charge in [0.2, 0.25) is 0 Å². The van der Waals surface area contributed by atoms with Gasteiger partial charge in [0, 0.05) is 5.69 Å². The summed E-state index contributed by atoms with van der Waals surface area (Å²) >= 11 is 5.22. The molecular formula is C19H23N3O3S. The second-order valence-corrected chi connectivity index (χ2v) is 5.72. The van der Waals surface area contributed by atoms with E-state index >= 15 is 0 Å². The van der Waals surface area contributed by atoms with Crippen molar-refractivity contribution in [1.82, 2.24) is 5.43 Å². The number of hydrazone groups is 1. The molecule has 0 atom stereocenters. The zero-order chi connectivity index (χ0) is 18.8. The zero-order valence-corrected chi connectivity index (χ0v) is 15.9. The zero-order valence-electron chi connectivity index (χ0n) is 15.1. The molecule has 2 N–H and O–H groups in total. The molecule has 2 rings (SSSR count). The van der Waals surface area contributed by atoms with Gasteiger partial charge in [-0.25, -0.2) is 0 Å². The summed E-state index contributed by atoms with van der Waals surface area (Å²) in [6.45, 7) is 2.68. The molecule has 0 spiro atoms. The molecular weight excluding hydrogens is 350 g/mol. The molecule has 2 aromatic carbocycles. The Bertz CT molecular complexity index is 748. The van der Waals surface area contributed by atoms with Crippen LogP contribution in [0.15, 0.2) is 47.6 Å². The normalized spacial score (nSPS) is 10.4. The summed E-state index contributed by atoms with van der Waals surface area (Å²) in [4.78, 5) is 0. The summed E-state index contributed by atoms with van der Waals surface area (Å²) in [5.41, 5.74) is 4.50. The Balaban J connectivity index is 1.92. The number of benzene rings is 2. The first-order chi connectivity index (χ1) is 12.7. The summed E-state index contributed by atoms with van der Waals surface area (Å²) in [6, 6.07) is 13.1. The molecule has 0 saturated heterocycles. The van der Waals surface area contributed by atoms with E-state index in [2.05, 4.69) is 22.8 Å². The SMILES string of the molecule is CCCOc1cc(/C=N\NC(=S)Nc2ccc(OC)cc2)ccc1OC. The second-order valence-electron chi connectivity index (χ2n) is 5.31. The average Bonchev–Trinajstić information content (AvgIpc) is 2.67. The van der Waals surface area contributed by atoms with Gasteiger partial charge < -0.3 is 19.5 Å². The van der Waals surface area contributed by atoms with Crippen molar-refractivity contribution in [3.05, 3.63) is 48.0 Å². The maximum absolute atomic E-state index is 5.69. The molecule has 0 saturated carbocycles. The molecule has 6 nitrogen and oxygen atoms in total. The Morgan fingerprint density at radius 1 is 1.08 bits per heavy atom. The quantitative estimate of drug-likeness (QED) is 0.417. The molecule has 0 aliphatic rings. The number of nitrogens with one attached hydrogen (secondary N) is 2. The first-order valence-electron chi connectivity index (χ1n) is 8.21. The van der Waals surface area contributed by atoms with Crippen molar-refractivity contribution < 1.29 is 14.2 Å². The molecule has 0 aliphatic heterocycles. The van der Waals surface area contributed by atoms with E-state index in [1.54, 1.807) is 20.4 Å². The van der Waals surface area contributed by atoms with E-state index in [1.165, 1.54) is 0 Å². The van der Waals surface area contributed by atoms with Crippen LogP contribution in [0.25, 0.3) is 0 Å². The average molecular weight is 373 g/mol. The third-order valence-electron chi connectivity index (χ3n) is 3.38. The molecule has 26 heavy (non-hydrogen) atoms. The summed E-state index contributed by atoms with van der Waals surface area (Å²) in [5.74, 6) is 2.17. The highest BCUT2D eigenvalue weighted by Gasteiger charge is 2.04. The molecule has 0 aliphatic carbocycles. The molecule has 7 heteroatoms. The highest BCUT2D eigenvalue weighted by Crippen LogP contribution is 2.27. The smallest absolute Gasteiger partial charge is 0.191 e. The lowest BCUT2D eigenvalue weighted by Crippen LogP contribution is -2.23. The largest absolute Gasteiger partial charge is 0.497 e. The lowest BCUT2D eigenvalue weighted by Gasteiger charge is -2.10.